The number of carbonyl (C=O) groups excluding carboxylic acids is 1. The number of rotatable bonds is 8. The number of nitro benzene ring substituents is 1. The number of nitrogens with one attached hydrogen (secondary N) is 1. The molecule has 9 nitrogen and oxygen atoms in total. The molecule has 1 N–H and O–H groups in total. The third-order valence-corrected chi connectivity index (χ3v) is 6.74. The average molecular weight is 467 g/mol. The topological polar surface area (TPSA) is 122 Å². The number of nitro groups is 1. The molecule has 0 saturated heterocycles. The van der Waals surface area contributed by atoms with Gasteiger partial charge < -0.3 is 0 Å². The van der Waals surface area contributed by atoms with Crippen molar-refractivity contribution in [2.45, 2.75) is 18.7 Å². The molecule has 3 aromatic carbocycles. The molecule has 1 amide bonds. The molecule has 0 atom stereocenters. The van der Waals surface area contributed by atoms with Gasteiger partial charge in [-0.1, -0.05) is 30.3 Å². The smallest absolute Gasteiger partial charge is 0.269 e. The van der Waals surface area contributed by atoms with Gasteiger partial charge >= 0.3 is 0 Å². The van der Waals surface area contributed by atoms with E-state index < -0.39 is 27.4 Å². The lowest BCUT2D eigenvalue weighted by atomic mass is 10.1. The van der Waals surface area contributed by atoms with Gasteiger partial charge in [-0.25, -0.2) is 13.8 Å². The number of aryl methyl sites for hydroxylation is 1. The lowest BCUT2D eigenvalue weighted by Gasteiger charge is -2.26. The molecule has 33 heavy (non-hydrogen) atoms. The van der Waals surface area contributed by atoms with Gasteiger partial charge in [-0.3, -0.25) is 19.2 Å². The molecule has 3 rings (SSSR count). The number of hydrogen-bond donors (Lipinski definition) is 1. The Morgan fingerprint density at radius 3 is 2.33 bits per heavy atom. The number of nitrogens with zero attached hydrogens (tertiary/aromatic N) is 3. The van der Waals surface area contributed by atoms with E-state index >= 15 is 0 Å². The van der Waals surface area contributed by atoms with Crippen LogP contribution in [0.5, 0.6) is 0 Å². The molecule has 170 valence electrons. The number of non-ortho nitro benzene ring substituents is 1. The quantitative estimate of drug-likeness (QED) is 0.309. The first-order valence-electron chi connectivity index (χ1n) is 9.90. The Morgan fingerprint density at radius 1 is 1.03 bits per heavy atom. The summed E-state index contributed by atoms with van der Waals surface area (Å²) in [6.45, 7) is 3.17. The summed E-state index contributed by atoms with van der Waals surface area (Å²) in [5.41, 5.74) is 4.80. The van der Waals surface area contributed by atoms with E-state index in [1.54, 1.807) is 37.3 Å². The first-order valence-corrected chi connectivity index (χ1v) is 11.3. The molecule has 0 saturated carbocycles. The van der Waals surface area contributed by atoms with Crippen molar-refractivity contribution < 1.29 is 18.1 Å². The van der Waals surface area contributed by atoms with Crippen LogP contribution in [0.2, 0.25) is 0 Å². The Morgan fingerprint density at radius 2 is 1.70 bits per heavy atom. The maximum atomic E-state index is 13.4. The summed E-state index contributed by atoms with van der Waals surface area (Å²) in [6, 6.07) is 18.7. The predicted octanol–water partition coefficient (Wildman–Crippen LogP) is 3.56. The number of carbonyl (C=O) groups is 1. The van der Waals surface area contributed by atoms with Crippen LogP contribution >= 0.6 is 0 Å². The summed E-state index contributed by atoms with van der Waals surface area (Å²) >= 11 is 0. The summed E-state index contributed by atoms with van der Waals surface area (Å²) in [5, 5.41) is 14.6. The predicted molar refractivity (Wildman–Crippen MR) is 126 cm³/mol. The first-order chi connectivity index (χ1) is 15.7. The standard InChI is InChI=1S/C23H22N4O5S/c1-17-7-6-10-22(18(17)2)26(33(31,32)21-8-4-3-5-9-21)16-23(28)25-24-15-19-11-13-20(14-12-19)27(29)30/h3-15H,16H2,1-2H3,(H,25,28)/b24-15-. The minimum absolute atomic E-state index is 0.0630. The molecule has 0 aliphatic carbocycles. The zero-order chi connectivity index (χ0) is 24.0. The molecule has 0 fully saturated rings. The van der Waals surface area contributed by atoms with E-state index in [9.17, 15) is 23.3 Å². The van der Waals surface area contributed by atoms with Crippen LogP contribution in [0.15, 0.2) is 82.8 Å². The molecule has 0 heterocycles. The van der Waals surface area contributed by atoms with Crippen molar-refractivity contribution in [2.75, 3.05) is 10.8 Å². The minimum atomic E-state index is -4.02. The monoisotopic (exact) mass is 466 g/mol. The maximum absolute atomic E-state index is 13.4. The highest BCUT2D eigenvalue weighted by molar-refractivity contribution is 7.92. The largest absolute Gasteiger partial charge is 0.271 e. The Kier molecular flexibility index (Phi) is 7.19. The molecular weight excluding hydrogens is 444 g/mol. The summed E-state index contributed by atoms with van der Waals surface area (Å²) in [6.07, 6.45) is 1.32. The summed E-state index contributed by atoms with van der Waals surface area (Å²) < 4.78 is 27.8. The van der Waals surface area contributed by atoms with E-state index in [-0.39, 0.29) is 10.6 Å². The van der Waals surface area contributed by atoms with E-state index in [2.05, 4.69) is 10.5 Å². The third-order valence-electron chi connectivity index (χ3n) is 4.97. The fourth-order valence-corrected chi connectivity index (χ4v) is 4.55. The Bertz CT molecular complexity index is 1290. The summed E-state index contributed by atoms with van der Waals surface area (Å²) in [4.78, 5) is 22.9. The van der Waals surface area contributed by atoms with Crippen molar-refractivity contribution in [1.82, 2.24) is 5.43 Å². The third kappa shape index (κ3) is 5.60. The highest BCUT2D eigenvalue weighted by Gasteiger charge is 2.28. The van der Waals surface area contributed by atoms with Gasteiger partial charge in [0.15, 0.2) is 0 Å². The Labute approximate surface area is 191 Å². The van der Waals surface area contributed by atoms with Crippen molar-refractivity contribution in [1.29, 1.82) is 0 Å². The normalized spacial score (nSPS) is 11.3. The van der Waals surface area contributed by atoms with Gasteiger partial charge in [0.25, 0.3) is 21.6 Å². The van der Waals surface area contributed by atoms with Crippen molar-refractivity contribution in [3.05, 3.63) is 99.6 Å². The zero-order valence-electron chi connectivity index (χ0n) is 18.0. The molecular formula is C23H22N4O5S. The van der Waals surface area contributed by atoms with Crippen LogP contribution < -0.4 is 9.73 Å². The Hall–Kier alpha value is -4.05. The fourth-order valence-electron chi connectivity index (χ4n) is 3.05. The van der Waals surface area contributed by atoms with Crippen LogP contribution in [0.1, 0.15) is 16.7 Å². The van der Waals surface area contributed by atoms with E-state index in [4.69, 9.17) is 0 Å². The van der Waals surface area contributed by atoms with Gasteiger partial charge in [0.05, 0.1) is 21.7 Å². The number of benzene rings is 3. The molecule has 0 radical (unpaired) electrons. The number of amides is 1. The second kappa shape index (κ2) is 10.0. The average Bonchev–Trinajstić information content (AvgIpc) is 2.80. The van der Waals surface area contributed by atoms with Gasteiger partial charge in [-0.05, 0) is 60.9 Å². The minimum Gasteiger partial charge on any atom is -0.271 e. The van der Waals surface area contributed by atoms with E-state index in [0.29, 0.717) is 11.3 Å². The molecule has 0 aliphatic heterocycles. The van der Waals surface area contributed by atoms with Gasteiger partial charge in [-0.15, -0.1) is 0 Å². The van der Waals surface area contributed by atoms with E-state index in [1.807, 2.05) is 13.0 Å². The molecule has 0 aliphatic rings. The number of anilines is 1. The number of hydrazone groups is 1. The number of sulfonamides is 1. The Balaban J connectivity index is 1.83. The van der Waals surface area contributed by atoms with E-state index in [0.717, 1.165) is 15.4 Å². The molecule has 0 spiro atoms. The van der Waals surface area contributed by atoms with E-state index in [1.165, 1.54) is 42.6 Å². The fraction of sp³-hybridized carbons (Fsp3) is 0.130. The van der Waals surface area contributed by atoms with Crippen LogP contribution in [-0.4, -0.2) is 32.0 Å². The molecule has 0 aromatic heterocycles. The maximum Gasteiger partial charge on any atom is 0.269 e. The van der Waals surface area contributed by atoms with Gasteiger partial charge in [0, 0.05) is 12.1 Å². The van der Waals surface area contributed by atoms with Crippen molar-refractivity contribution in [2.24, 2.45) is 5.10 Å². The van der Waals surface area contributed by atoms with Crippen molar-refractivity contribution in [3.63, 3.8) is 0 Å². The lowest BCUT2D eigenvalue weighted by Crippen LogP contribution is -2.40. The van der Waals surface area contributed by atoms with Crippen molar-refractivity contribution >= 4 is 33.5 Å². The summed E-state index contributed by atoms with van der Waals surface area (Å²) in [5.74, 6) is -0.645. The van der Waals surface area contributed by atoms with Crippen molar-refractivity contribution in [3.8, 4) is 0 Å². The van der Waals surface area contributed by atoms with Crippen LogP contribution in [0.3, 0.4) is 0 Å². The summed E-state index contributed by atoms with van der Waals surface area (Å²) in [7, 11) is -4.02. The lowest BCUT2D eigenvalue weighted by molar-refractivity contribution is -0.384. The molecule has 10 heteroatoms. The zero-order valence-corrected chi connectivity index (χ0v) is 18.8. The van der Waals surface area contributed by atoms with Gasteiger partial charge in [0.1, 0.15) is 6.54 Å². The molecule has 3 aromatic rings. The van der Waals surface area contributed by atoms with Crippen LogP contribution in [0.25, 0.3) is 0 Å². The molecule has 0 unspecified atom stereocenters. The van der Waals surface area contributed by atoms with Crippen LogP contribution in [-0.2, 0) is 14.8 Å². The second-order valence-electron chi connectivity index (χ2n) is 7.19. The van der Waals surface area contributed by atoms with Gasteiger partial charge in [-0.2, -0.15) is 5.10 Å². The number of hydrogen-bond acceptors (Lipinski definition) is 6. The SMILES string of the molecule is Cc1cccc(N(CC(=O)N/N=C\c2ccc([N+](=O)[O-])cc2)S(=O)(=O)c2ccccc2)c1C. The first kappa shape index (κ1) is 23.6. The van der Waals surface area contributed by atoms with Crippen LogP contribution in [0, 0.1) is 24.0 Å². The van der Waals surface area contributed by atoms with Crippen LogP contribution in [0.4, 0.5) is 11.4 Å². The second-order valence-corrected chi connectivity index (χ2v) is 9.05. The highest BCUT2D eigenvalue weighted by atomic mass is 32.2. The highest BCUT2D eigenvalue weighted by Crippen LogP contribution is 2.28. The van der Waals surface area contributed by atoms with Gasteiger partial charge in [0.2, 0.25) is 0 Å². The molecule has 0 bridgehead atoms.